The summed E-state index contributed by atoms with van der Waals surface area (Å²) in [6, 6.07) is 16.5. The maximum atomic E-state index is 12.6. The number of carbonyl (C=O) groups excluding carboxylic acids is 1. The summed E-state index contributed by atoms with van der Waals surface area (Å²) in [6.45, 7) is 0.277. The van der Waals surface area contributed by atoms with Crippen LogP contribution in [0.3, 0.4) is 0 Å². The molecule has 0 fully saturated rings. The van der Waals surface area contributed by atoms with Crippen molar-refractivity contribution in [2.24, 2.45) is 0 Å². The molecule has 0 amide bonds. The first kappa shape index (κ1) is 22.1. The Morgan fingerprint density at radius 2 is 1.74 bits per heavy atom. The third kappa shape index (κ3) is 6.74. The number of pyridine rings is 1. The van der Waals surface area contributed by atoms with E-state index in [9.17, 15) is 18.0 Å². The van der Waals surface area contributed by atoms with Gasteiger partial charge in [-0.3, -0.25) is 4.79 Å². The van der Waals surface area contributed by atoms with Crippen LogP contribution in [0, 0.1) is 0 Å². The van der Waals surface area contributed by atoms with E-state index in [0.717, 1.165) is 23.4 Å². The fourth-order valence-electron chi connectivity index (χ4n) is 2.70. The molecule has 0 atom stereocenters. The second-order valence-corrected chi connectivity index (χ2v) is 6.64. The molecule has 8 heteroatoms. The Kier molecular flexibility index (Phi) is 7.12. The lowest BCUT2D eigenvalue weighted by molar-refractivity contribution is -0.140. The number of aryl methyl sites for hydroxylation is 1. The first-order chi connectivity index (χ1) is 14.8. The molecule has 1 heterocycles. The van der Waals surface area contributed by atoms with E-state index in [2.05, 4.69) is 9.72 Å². The largest absolute Gasteiger partial charge is 0.489 e. The summed E-state index contributed by atoms with van der Waals surface area (Å²) in [6.07, 6.45) is -2.80. The molecule has 0 aliphatic carbocycles. The monoisotopic (exact) mass is 431 g/mol. The van der Waals surface area contributed by atoms with Gasteiger partial charge in [-0.05, 0) is 47.9 Å². The second kappa shape index (κ2) is 9.97. The van der Waals surface area contributed by atoms with Crippen LogP contribution in [0.5, 0.6) is 17.4 Å². The first-order valence-electron chi connectivity index (χ1n) is 9.42. The number of hydrogen-bond acceptors (Lipinski definition) is 5. The van der Waals surface area contributed by atoms with Crippen LogP contribution >= 0.6 is 0 Å². The molecule has 0 saturated carbocycles. The van der Waals surface area contributed by atoms with Gasteiger partial charge in [-0.1, -0.05) is 24.3 Å². The molecule has 0 unspecified atom stereocenters. The highest BCUT2D eigenvalue weighted by atomic mass is 19.4. The number of hydrogen-bond donors (Lipinski definition) is 0. The van der Waals surface area contributed by atoms with Crippen LogP contribution in [0.1, 0.15) is 23.1 Å². The van der Waals surface area contributed by atoms with E-state index >= 15 is 0 Å². The summed E-state index contributed by atoms with van der Waals surface area (Å²) in [5, 5.41) is 0. The zero-order valence-electron chi connectivity index (χ0n) is 16.7. The van der Waals surface area contributed by atoms with Crippen LogP contribution in [0.2, 0.25) is 0 Å². The van der Waals surface area contributed by atoms with Crippen molar-refractivity contribution in [2.75, 3.05) is 7.11 Å². The van der Waals surface area contributed by atoms with Crippen LogP contribution in [0.4, 0.5) is 13.2 Å². The number of halogens is 3. The fourth-order valence-corrected chi connectivity index (χ4v) is 2.70. The van der Waals surface area contributed by atoms with Gasteiger partial charge in [-0.2, -0.15) is 13.2 Å². The van der Waals surface area contributed by atoms with Crippen molar-refractivity contribution in [3.8, 4) is 17.4 Å². The Balaban J connectivity index is 1.55. The van der Waals surface area contributed by atoms with Gasteiger partial charge < -0.3 is 14.2 Å². The lowest BCUT2D eigenvalue weighted by Crippen LogP contribution is -2.05. The number of nitrogens with zero attached hydrogens (tertiary/aromatic N) is 1. The van der Waals surface area contributed by atoms with Gasteiger partial charge in [0.15, 0.2) is 0 Å². The number of ether oxygens (including phenoxy) is 3. The Labute approximate surface area is 177 Å². The molecule has 3 aromatic rings. The Morgan fingerprint density at radius 3 is 2.39 bits per heavy atom. The van der Waals surface area contributed by atoms with Crippen LogP contribution in [-0.2, 0) is 28.7 Å². The number of esters is 1. The van der Waals surface area contributed by atoms with Crippen molar-refractivity contribution in [1.29, 1.82) is 0 Å². The van der Waals surface area contributed by atoms with E-state index in [1.54, 1.807) is 18.2 Å². The molecule has 31 heavy (non-hydrogen) atoms. The van der Waals surface area contributed by atoms with Crippen LogP contribution < -0.4 is 9.47 Å². The van der Waals surface area contributed by atoms with Gasteiger partial charge >= 0.3 is 12.1 Å². The van der Waals surface area contributed by atoms with Gasteiger partial charge in [0.1, 0.15) is 18.1 Å². The van der Waals surface area contributed by atoms with Gasteiger partial charge in [0.05, 0.1) is 12.7 Å². The van der Waals surface area contributed by atoms with E-state index in [1.165, 1.54) is 13.2 Å². The number of carbonyl (C=O) groups is 1. The Bertz CT molecular complexity index is 1000. The molecule has 0 saturated heterocycles. The minimum absolute atomic E-state index is 0.0635. The Morgan fingerprint density at radius 1 is 0.968 bits per heavy atom. The van der Waals surface area contributed by atoms with Crippen molar-refractivity contribution < 1.29 is 32.2 Å². The van der Waals surface area contributed by atoms with Crippen molar-refractivity contribution in [3.05, 3.63) is 83.6 Å². The molecule has 5 nitrogen and oxygen atoms in total. The van der Waals surface area contributed by atoms with E-state index in [-0.39, 0.29) is 18.5 Å². The second-order valence-electron chi connectivity index (χ2n) is 6.64. The number of rotatable bonds is 8. The van der Waals surface area contributed by atoms with Crippen molar-refractivity contribution in [1.82, 2.24) is 4.98 Å². The number of alkyl halides is 3. The summed E-state index contributed by atoms with van der Waals surface area (Å²) >= 11 is 0. The van der Waals surface area contributed by atoms with Crippen molar-refractivity contribution in [3.63, 3.8) is 0 Å². The third-order valence-electron chi connectivity index (χ3n) is 4.36. The molecule has 0 spiro atoms. The smallest absolute Gasteiger partial charge is 0.417 e. The van der Waals surface area contributed by atoms with Crippen LogP contribution in [0.15, 0.2) is 66.9 Å². The average Bonchev–Trinajstić information content (AvgIpc) is 2.77. The average molecular weight is 431 g/mol. The normalized spacial score (nSPS) is 11.1. The summed E-state index contributed by atoms with van der Waals surface area (Å²) in [5.41, 5.74) is 0.981. The van der Waals surface area contributed by atoms with E-state index in [1.807, 2.05) is 30.3 Å². The third-order valence-corrected chi connectivity index (χ3v) is 4.36. The van der Waals surface area contributed by atoms with Gasteiger partial charge in [-0.15, -0.1) is 0 Å². The van der Waals surface area contributed by atoms with Gasteiger partial charge in [-0.25, -0.2) is 4.98 Å². The molecule has 162 valence electrons. The minimum atomic E-state index is -4.44. The molecule has 2 aromatic carbocycles. The predicted molar refractivity (Wildman–Crippen MR) is 107 cm³/mol. The molecule has 0 bridgehead atoms. The number of aromatic nitrogens is 1. The molecule has 0 aliphatic rings. The number of methoxy groups -OCH3 is 1. The quantitative estimate of drug-likeness (QED) is 0.436. The van der Waals surface area contributed by atoms with Crippen LogP contribution in [-0.4, -0.2) is 18.1 Å². The molecular weight excluding hydrogens is 411 g/mol. The van der Waals surface area contributed by atoms with Gasteiger partial charge in [0.25, 0.3) is 0 Å². The van der Waals surface area contributed by atoms with E-state index in [4.69, 9.17) is 9.47 Å². The maximum absolute atomic E-state index is 12.6. The first-order valence-corrected chi connectivity index (χ1v) is 9.42. The Hall–Kier alpha value is -3.55. The lowest BCUT2D eigenvalue weighted by atomic mass is 10.1. The van der Waals surface area contributed by atoms with Crippen LogP contribution in [0.25, 0.3) is 0 Å². The molecule has 3 rings (SSSR count). The topological polar surface area (TPSA) is 57.7 Å². The standard InChI is InChI=1S/C23H20F3NO4/c1-29-22(28)12-7-16-5-9-19(10-6-16)30-15-17-3-2-4-20(13-17)31-21-11-8-18(14-27-21)23(24,25)26/h2-6,8-11,13-14H,7,12,15H2,1H3. The predicted octanol–water partition coefficient (Wildman–Crippen LogP) is 5.58. The lowest BCUT2D eigenvalue weighted by Gasteiger charge is -2.10. The molecule has 0 N–H and O–H groups in total. The zero-order valence-corrected chi connectivity index (χ0v) is 16.7. The summed E-state index contributed by atoms with van der Waals surface area (Å²) in [5.74, 6) is 0.909. The highest BCUT2D eigenvalue weighted by molar-refractivity contribution is 5.69. The molecule has 1 aromatic heterocycles. The summed E-state index contributed by atoms with van der Waals surface area (Å²) in [4.78, 5) is 14.9. The SMILES string of the molecule is COC(=O)CCc1ccc(OCc2cccc(Oc3ccc(C(F)(F)F)cn3)c2)cc1. The molecule has 0 radical (unpaired) electrons. The molecular formula is C23H20F3NO4. The maximum Gasteiger partial charge on any atom is 0.417 e. The number of benzene rings is 2. The fraction of sp³-hybridized carbons (Fsp3) is 0.217. The highest BCUT2D eigenvalue weighted by Crippen LogP contribution is 2.30. The molecule has 0 aliphatic heterocycles. The van der Waals surface area contributed by atoms with Crippen molar-refractivity contribution in [2.45, 2.75) is 25.6 Å². The highest BCUT2D eigenvalue weighted by Gasteiger charge is 2.30. The van der Waals surface area contributed by atoms with E-state index in [0.29, 0.717) is 24.3 Å². The zero-order chi connectivity index (χ0) is 22.3. The van der Waals surface area contributed by atoms with Gasteiger partial charge in [0.2, 0.25) is 5.88 Å². The van der Waals surface area contributed by atoms with E-state index < -0.39 is 11.7 Å². The van der Waals surface area contributed by atoms with Crippen molar-refractivity contribution >= 4 is 5.97 Å². The summed E-state index contributed by atoms with van der Waals surface area (Å²) < 4.78 is 53.8. The van der Waals surface area contributed by atoms with Gasteiger partial charge in [0, 0.05) is 18.7 Å². The summed E-state index contributed by atoms with van der Waals surface area (Å²) in [7, 11) is 1.36. The minimum Gasteiger partial charge on any atom is -0.489 e.